The molecule has 0 aliphatic heterocycles. The highest BCUT2D eigenvalue weighted by molar-refractivity contribution is 5.94. The number of carbonyl (C=O) groups excluding carboxylic acids is 1. The molecule has 2 aromatic rings. The number of aromatic amines is 1. The normalized spacial score (nSPS) is 27.1. The summed E-state index contributed by atoms with van der Waals surface area (Å²) in [5.74, 6) is -2.21. The molecule has 0 saturated heterocycles. The SMILES string of the molecule is N=Nc1c(N[C@@H]2CC(OCC(F)F)[C@@H](O)C2=O)n[nH]c1N[C@@H]1C[C@H]1c1ccc(F)c(F)c1. The molecular weight excluding hydrogens is 436 g/mol. The highest BCUT2D eigenvalue weighted by Crippen LogP contribution is 2.45. The zero-order valence-electron chi connectivity index (χ0n) is 16.5. The molecule has 2 fully saturated rings. The van der Waals surface area contributed by atoms with E-state index in [1.165, 1.54) is 6.07 Å². The molecule has 32 heavy (non-hydrogen) atoms. The van der Waals surface area contributed by atoms with Gasteiger partial charge in [0.2, 0.25) is 0 Å². The number of anilines is 2. The minimum absolute atomic E-state index is 0.0549. The number of Topliss-reactive ketones (excluding diaryl/α,β-unsaturated/α-hetero) is 1. The number of ether oxygens (including phenoxy) is 1. The van der Waals surface area contributed by atoms with Gasteiger partial charge in [-0.1, -0.05) is 6.07 Å². The van der Waals surface area contributed by atoms with Crippen LogP contribution in [0.4, 0.5) is 34.9 Å². The van der Waals surface area contributed by atoms with Crippen LogP contribution in [0.3, 0.4) is 0 Å². The molecule has 13 heteroatoms. The predicted octanol–water partition coefficient (Wildman–Crippen LogP) is 3.08. The Morgan fingerprint density at radius 1 is 1.28 bits per heavy atom. The first kappa shape index (κ1) is 22.1. The van der Waals surface area contributed by atoms with Crippen molar-refractivity contribution >= 4 is 23.1 Å². The monoisotopic (exact) mass is 456 g/mol. The molecule has 4 rings (SSSR count). The van der Waals surface area contributed by atoms with E-state index in [1.807, 2.05) is 0 Å². The smallest absolute Gasteiger partial charge is 0.261 e. The predicted molar refractivity (Wildman–Crippen MR) is 103 cm³/mol. The number of alkyl halides is 2. The van der Waals surface area contributed by atoms with Gasteiger partial charge in [-0.15, -0.1) is 0 Å². The van der Waals surface area contributed by atoms with Gasteiger partial charge in [0.1, 0.15) is 12.7 Å². The minimum Gasteiger partial charge on any atom is -0.382 e. The van der Waals surface area contributed by atoms with Crippen molar-refractivity contribution in [1.29, 1.82) is 5.53 Å². The first-order chi connectivity index (χ1) is 15.3. The van der Waals surface area contributed by atoms with Crippen LogP contribution in [0.25, 0.3) is 0 Å². The van der Waals surface area contributed by atoms with Crippen LogP contribution in [0, 0.1) is 17.2 Å². The van der Waals surface area contributed by atoms with E-state index in [-0.39, 0.29) is 35.7 Å². The molecule has 0 spiro atoms. The van der Waals surface area contributed by atoms with Crippen LogP contribution in [0.15, 0.2) is 23.3 Å². The molecule has 0 bridgehead atoms. The van der Waals surface area contributed by atoms with E-state index in [9.17, 15) is 27.5 Å². The van der Waals surface area contributed by atoms with Gasteiger partial charge in [-0.05, 0) is 24.1 Å². The molecule has 0 amide bonds. The van der Waals surface area contributed by atoms with Crippen molar-refractivity contribution in [2.45, 2.75) is 49.5 Å². The minimum atomic E-state index is -2.73. The third kappa shape index (κ3) is 4.43. The second-order valence-electron chi connectivity index (χ2n) is 7.72. The number of ketones is 1. The zero-order chi connectivity index (χ0) is 23.0. The molecule has 0 radical (unpaired) electrons. The molecule has 2 saturated carbocycles. The Kier molecular flexibility index (Phi) is 6.11. The molecular formula is C19H20F4N6O3. The van der Waals surface area contributed by atoms with Gasteiger partial charge >= 0.3 is 0 Å². The van der Waals surface area contributed by atoms with Crippen molar-refractivity contribution in [1.82, 2.24) is 10.2 Å². The lowest BCUT2D eigenvalue weighted by Crippen LogP contribution is -2.32. The van der Waals surface area contributed by atoms with Crippen molar-refractivity contribution in [3.63, 3.8) is 0 Å². The van der Waals surface area contributed by atoms with Crippen LogP contribution in [-0.2, 0) is 9.53 Å². The zero-order valence-corrected chi connectivity index (χ0v) is 16.5. The van der Waals surface area contributed by atoms with Gasteiger partial charge in [0.15, 0.2) is 34.7 Å². The Morgan fingerprint density at radius 2 is 2.06 bits per heavy atom. The molecule has 2 aliphatic carbocycles. The summed E-state index contributed by atoms with van der Waals surface area (Å²) < 4.78 is 56.2. The van der Waals surface area contributed by atoms with Crippen molar-refractivity contribution in [3.05, 3.63) is 35.4 Å². The van der Waals surface area contributed by atoms with Gasteiger partial charge in [0, 0.05) is 18.4 Å². The molecule has 2 aliphatic rings. The van der Waals surface area contributed by atoms with Crippen molar-refractivity contribution in [2.75, 3.05) is 17.2 Å². The molecule has 5 atom stereocenters. The number of carbonyl (C=O) groups is 1. The molecule has 9 nitrogen and oxygen atoms in total. The maximum atomic E-state index is 13.5. The molecule has 5 N–H and O–H groups in total. The molecule has 1 aromatic heterocycles. The van der Waals surface area contributed by atoms with Crippen LogP contribution in [0.1, 0.15) is 24.3 Å². The Labute approximate surface area is 179 Å². The number of aliphatic hydroxyl groups excluding tert-OH is 1. The summed E-state index contributed by atoms with van der Waals surface area (Å²) in [5, 5.41) is 25.9. The summed E-state index contributed by atoms with van der Waals surface area (Å²) in [6.45, 7) is -0.897. The van der Waals surface area contributed by atoms with Gasteiger partial charge in [0.25, 0.3) is 6.43 Å². The lowest BCUT2D eigenvalue weighted by molar-refractivity contribution is -0.130. The fourth-order valence-electron chi connectivity index (χ4n) is 3.81. The van der Waals surface area contributed by atoms with Crippen molar-refractivity contribution in [2.24, 2.45) is 5.11 Å². The summed E-state index contributed by atoms with van der Waals surface area (Å²) in [5.41, 5.74) is 8.14. The average molecular weight is 456 g/mol. The Hall–Kier alpha value is -3.06. The number of rotatable bonds is 9. The summed E-state index contributed by atoms with van der Waals surface area (Å²) in [6, 6.07) is 2.62. The molecule has 172 valence electrons. The fourth-order valence-corrected chi connectivity index (χ4v) is 3.81. The maximum absolute atomic E-state index is 13.5. The summed E-state index contributed by atoms with van der Waals surface area (Å²) in [7, 11) is 0. The third-order valence-electron chi connectivity index (χ3n) is 5.55. The standard InChI is InChI=1S/C19H20F4N6O3/c20-9-2-1-7(3-10(9)21)8-4-11(8)25-18-15(27-24)19(29-28-18)26-12-5-13(17(31)16(12)30)32-6-14(22)23/h1-3,8,11-14,17,24,31H,4-6H2,(H3,25,26,28,29)/t8-,11+,12+,13?,17+/m0/s1. The Morgan fingerprint density at radius 3 is 2.75 bits per heavy atom. The number of H-pyrrole nitrogens is 1. The van der Waals surface area contributed by atoms with Gasteiger partial charge < -0.3 is 20.5 Å². The number of hydrogen-bond acceptors (Lipinski definition) is 8. The number of nitrogens with zero attached hydrogens (tertiary/aromatic N) is 2. The lowest BCUT2D eigenvalue weighted by atomic mass is 10.1. The third-order valence-corrected chi connectivity index (χ3v) is 5.55. The van der Waals surface area contributed by atoms with Crippen LogP contribution >= 0.6 is 0 Å². The van der Waals surface area contributed by atoms with Crippen molar-refractivity contribution < 1.29 is 32.2 Å². The molecule has 1 unspecified atom stereocenters. The summed E-state index contributed by atoms with van der Waals surface area (Å²) in [4.78, 5) is 12.2. The Bertz CT molecular complexity index is 1020. The van der Waals surface area contributed by atoms with Crippen molar-refractivity contribution in [3.8, 4) is 0 Å². The first-order valence-electron chi connectivity index (χ1n) is 9.83. The molecule has 1 heterocycles. The van der Waals surface area contributed by atoms with E-state index in [2.05, 4.69) is 25.9 Å². The highest BCUT2D eigenvalue weighted by atomic mass is 19.3. The molecule has 1 aromatic carbocycles. The number of halogens is 4. The second-order valence-corrected chi connectivity index (χ2v) is 7.72. The van der Waals surface area contributed by atoms with E-state index in [0.717, 1.165) is 12.1 Å². The van der Waals surface area contributed by atoms with E-state index in [4.69, 9.17) is 10.3 Å². The van der Waals surface area contributed by atoms with E-state index < -0.39 is 48.7 Å². The Balaban J connectivity index is 1.40. The highest BCUT2D eigenvalue weighted by Gasteiger charge is 2.43. The lowest BCUT2D eigenvalue weighted by Gasteiger charge is -2.13. The van der Waals surface area contributed by atoms with Crippen LogP contribution in [0.5, 0.6) is 0 Å². The van der Waals surface area contributed by atoms with Gasteiger partial charge in [-0.2, -0.15) is 10.2 Å². The first-order valence-corrected chi connectivity index (χ1v) is 9.83. The number of nitrogens with one attached hydrogen (secondary N) is 4. The fraction of sp³-hybridized carbons (Fsp3) is 0.474. The average Bonchev–Trinajstić information content (AvgIpc) is 3.34. The van der Waals surface area contributed by atoms with Gasteiger partial charge in [-0.25, -0.2) is 23.1 Å². The number of benzene rings is 1. The number of aromatic nitrogens is 2. The quantitative estimate of drug-likeness (QED) is 0.291. The number of aliphatic hydroxyl groups is 1. The summed E-state index contributed by atoms with van der Waals surface area (Å²) >= 11 is 0. The van der Waals surface area contributed by atoms with Gasteiger partial charge in [0.05, 0.1) is 12.1 Å². The summed E-state index contributed by atoms with van der Waals surface area (Å²) in [6.07, 6.45) is -4.77. The van der Waals surface area contributed by atoms with Gasteiger partial charge in [-0.3, -0.25) is 9.89 Å². The van der Waals surface area contributed by atoms with Crippen LogP contribution < -0.4 is 10.6 Å². The number of hydrogen-bond donors (Lipinski definition) is 5. The van der Waals surface area contributed by atoms with E-state index in [0.29, 0.717) is 12.0 Å². The second kappa shape index (κ2) is 8.82. The van der Waals surface area contributed by atoms with E-state index >= 15 is 0 Å². The van der Waals surface area contributed by atoms with Crippen LogP contribution in [-0.4, -0.2) is 58.4 Å². The maximum Gasteiger partial charge on any atom is 0.261 e. The largest absolute Gasteiger partial charge is 0.382 e. The van der Waals surface area contributed by atoms with E-state index in [1.54, 1.807) is 0 Å². The van der Waals surface area contributed by atoms with Crippen LogP contribution in [0.2, 0.25) is 0 Å². The topological polar surface area (TPSA) is 135 Å².